The molecule has 38 heavy (non-hydrogen) atoms. The van der Waals surface area contributed by atoms with Crippen molar-refractivity contribution in [2.75, 3.05) is 30.7 Å². The summed E-state index contributed by atoms with van der Waals surface area (Å²) in [5.41, 5.74) is 6.30. The fourth-order valence-corrected chi connectivity index (χ4v) is 5.44. The van der Waals surface area contributed by atoms with E-state index in [1.165, 1.54) is 23.7 Å². The smallest absolute Gasteiger partial charge is 0.433 e. The second kappa shape index (κ2) is 10.7. The van der Waals surface area contributed by atoms with Crippen LogP contribution in [0.25, 0.3) is 21.5 Å². The van der Waals surface area contributed by atoms with Crippen molar-refractivity contribution in [1.29, 1.82) is 0 Å². The normalized spacial score (nSPS) is 16.4. The molecule has 4 aromatic rings. The third-order valence-corrected chi connectivity index (χ3v) is 7.17. The lowest BCUT2D eigenvalue weighted by molar-refractivity contribution is -0.141. The van der Waals surface area contributed by atoms with Crippen molar-refractivity contribution in [3.8, 4) is 22.9 Å². The molecule has 1 atom stereocenters. The summed E-state index contributed by atoms with van der Waals surface area (Å²) in [6.07, 6.45) is -1.22. The first kappa shape index (κ1) is 26.1. The van der Waals surface area contributed by atoms with Gasteiger partial charge in [-0.15, -0.1) is 0 Å². The highest BCUT2D eigenvalue weighted by Crippen LogP contribution is 2.36. The van der Waals surface area contributed by atoms with Gasteiger partial charge in [0.2, 0.25) is 5.88 Å². The van der Waals surface area contributed by atoms with Crippen LogP contribution in [0.1, 0.15) is 32.4 Å². The zero-order chi connectivity index (χ0) is 26.9. The predicted octanol–water partition coefficient (Wildman–Crippen LogP) is 6.07. The standard InChI is InChI=1S/C26H28F3N7OS/c1-15(2)13-36-10-4-5-16(36)12-31-24-17(8-9-21(34-24)26(27,28)29)18-11-22(33-14-32-18)37-19-6-3-7-20-23(19)35-25(30)38-20/h3,6-9,11,14-16H,4-5,10,12-13H2,1-2H3,(H2,30,35)(H,31,34)/t16-/m0/s1. The van der Waals surface area contributed by atoms with Crippen molar-refractivity contribution in [3.05, 3.63) is 48.4 Å². The van der Waals surface area contributed by atoms with Crippen LogP contribution >= 0.6 is 11.3 Å². The minimum Gasteiger partial charge on any atom is -0.437 e. The number of benzene rings is 1. The quantitative estimate of drug-likeness (QED) is 0.276. The van der Waals surface area contributed by atoms with E-state index in [2.05, 4.69) is 44.0 Å². The lowest BCUT2D eigenvalue weighted by Gasteiger charge is -2.27. The number of aromatic nitrogens is 4. The zero-order valence-electron chi connectivity index (χ0n) is 21.0. The van der Waals surface area contributed by atoms with Gasteiger partial charge in [-0.05, 0) is 49.6 Å². The van der Waals surface area contributed by atoms with E-state index in [1.54, 1.807) is 12.1 Å². The minimum atomic E-state index is -4.57. The number of fused-ring (bicyclic) bond motifs is 1. The number of likely N-dealkylation sites (tertiary alicyclic amines) is 1. The number of alkyl halides is 3. The van der Waals surface area contributed by atoms with Gasteiger partial charge >= 0.3 is 6.18 Å². The number of nitrogens with zero attached hydrogens (tertiary/aromatic N) is 5. The Bertz CT molecular complexity index is 1430. The number of nitrogens with two attached hydrogens (primary N) is 1. The molecule has 0 aliphatic carbocycles. The highest BCUT2D eigenvalue weighted by Gasteiger charge is 2.33. The largest absolute Gasteiger partial charge is 0.437 e. The van der Waals surface area contributed by atoms with Crippen LogP contribution in [0.2, 0.25) is 0 Å². The van der Waals surface area contributed by atoms with Gasteiger partial charge in [-0.25, -0.2) is 19.9 Å². The van der Waals surface area contributed by atoms with Gasteiger partial charge in [0, 0.05) is 30.8 Å². The molecule has 200 valence electrons. The van der Waals surface area contributed by atoms with E-state index >= 15 is 0 Å². The van der Waals surface area contributed by atoms with Crippen LogP contribution in [0, 0.1) is 5.92 Å². The van der Waals surface area contributed by atoms with Gasteiger partial charge in [0.15, 0.2) is 10.9 Å². The van der Waals surface area contributed by atoms with E-state index in [-0.39, 0.29) is 17.7 Å². The number of hydrogen-bond donors (Lipinski definition) is 2. The Morgan fingerprint density at radius 2 is 2.03 bits per heavy atom. The average molecular weight is 544 g/mol. The first-order valence-electron chi connectivity index (χ1n) is 12.4. The summed E-state index contributed by atoms with van der Waals surface area (Å²) < 4.78 is 47.4. The molecule has 0 saturated carbocycles. The van der Waals surface area contributed by atoms with Crippen LogP contribution in [0.5, 0.6) is 11.6 Å². The van der Waals surface area contributed by atoms with E-state index < -0.39 is 11.9 Å². The number of halogens is 3. The van der Waals surface area contributed by atoms with Crippen LogP contribution in [-0.2, 0) is 6.18 Å². The fraction of sp³-hybridized carbons (Fsp3) is 0.385. The Hall–Kier alpha value is -3.51. The number of thiazole rings is 1. The summed E-state index contributed by atoms with van der Waals surface area (Å²) in [6.45, 7) is 6.73. The maximum atomic E-state index is 13.5. The summed E-state index contributed by atoms with van der Waals surface area (Å²) in [5.74, 6) is 1.31. The van der Waals surface area contributed by atoms with Crippen molar-refractivity contribution < 1.29 is 17.9 Å². The van der Waals surface area contributed by atoms with Crippen LogP contribution in [0.4, 0.5) is 24.1 Å². The molecule has 1 fully saturated rings. The fourth-order valence-electron chi connectivity index (χ4n) is 4.69. The van der Waals surface area contributed by atoms with Gasteiger partial charge in [0.05, 0.1) is 10.4 Å². The van der Waals surface area contributed by atoms with Crippen LogP contribution < -0.4 is 15.8 Å². The summed E-state index contributed by atoms with van der Waals surface area (Å²) in [4.78, 5) is 19.1. The van der Waals surface area contributed by atoms with Crippen molar-refractivity contribution in [2.24, 2.45) is 5.92 Å². The summed E-state index contributed by atoms with van der Waals surface area (Å²) >= 11 is 1.34. The molecule has 12 heteroatoms. The van der Waals surface area contributed by atoms with Gasteiger partial charge in [-0.1, -0.05) is 31.3 Å². The second-order valence-electron chi connectivity index (χ2n) is 9.65. The molecule has 4 heterocycles. The molecular formula is C26H28F3N7OS. The van der Waals surface area contributed by atoms with Gasteiger partial charge in [-0.2, -0.15) is 13.2 Å². The van der Waals surface area contributed by atoms with Gasteiger partial charge in [0.1, 0.15) is 23.4 Å². The topological polar surface area (TPSA) is 102 Å². The van der Waals surface area contributed by atoms with Crippen molar-refractivity contribution in [1.82, 2.24) is 24.8 Å². The molecule has 1 aromatic carbocycles. The molecule has 5 rings (SSSR count). The Morgan fingerprint density at radius 1 is 1.18 bits per heavy atom. The molecule has 3 N–H and O–H groups in total. The summed E-state index contributed by atoms with van der Waals surface area (Å²) in [7, 11) is 0. The molecule has 1 aliphatic rings. The van der Waals surface area contributed by atoms with E-state index in [9.17, 15) is 13.2 Å². The van der Waals surface area contributed by atoms with E-state index in [0.717, 1.165) is 36.7 Å². The van der Waals surface area contributed by atoms with Crippen LogP contribution in [-0.4, -0.2) is 50.5 Å². The Morgan fingerprint density at radius 3 is 2.82 bits per heavy atom. The highest BCUT2D eigenvalue weighted by atomic mass is 32.1. The molecule has 0 bridgehead atoms. The van der Waals surface area contributed by atoms with Crippen molar-refractivity contribution in [3.63, 3.8) is 0 Å². The second-order valence-corrected chi connectivity index (χ2v) is 10.7. The Kier molecular flexibility index (Phi) is 7.35. The molecule has 0 unspecified atom stereocenters. The summed E-state index contributed by atoms with van der Waals surface area (Å²) in [6, 6.07) is 9.60. The first-order valence-corrected chi connectivity index (χ1v) is 13.2. The number of nitrogen functional groups attached to an aromatic ring is 1. The monoisotopic (exact) mass is 543 g/mol. The van der Waals surface area contributed by atoms with Crippen molar-refractivity contribution >= 4 is 32.5 Å². The molecule has 0 radical (unpaired) electrons. The lowest BCUT2D eigenvalue weighted by Crippen LogP contribution is -2.37. The van der Waals surface area contributed by atoms with E-state index in [0.29, 0.717) is 40.1 Å². The third kappa shape index (κ3) is 5.81. The molecule has 0 amide bonds. The SMILES string of the molecule is CC(C)CN1CCC[C@H]1CNc1nc(C(F)(F)F)ccc1-c1cc(Oc2cccc3sc(N)nc23)ncn1. The minimum absolute atomic E-state index is 0.121. The predicted molar refractivity (Wildman–Crippen MR) is 142 cm³/mol. The van der Waals surface area contributed by atoms with Crippen LogP contribution in [0.3, 0.4) is 0 Å². The zero-order valence-corrected chi connectivity index (χ0v) is 21.8. The Labute approximate surface area is 222 Å². The van der Waals surface area contributed by atoms with Gasteiger partial charge in [0.25, 0.3) is 0 Å². The molecule has 3 aromatic heterocycles. The number of anilines is 2. The van der Waals surface area contributed by atoms with Gasteiger partial charge in [-0.3, -0.25) is 4.90 Å². The number of pyridine rings is 1. The lowest BCUT2D eigenvalue weighted by atomic mass is 10.1. The molecule has 0 spiro atoms. The van der Waals surface area contributed by atoms with E-state index in [1.807, 2.05) is 12.1 Å². The number of nitrogens with one attached hydrogen (secondary N) is 1. The Balaban J connectivity index is 1.44. The first-order chi connectivity index (χ1) is 18.2. The highest BCUT2D eigenvalue weighted by molar-refractivity contribution is 7.22. The molecule has 8 nitrogen and oxygen atoms in total. The maximum Gasteiger partial charge on any atom is 0.433 e. The van der Waals surface area contributed by atoms with Crippen molar-refractivity contribution in [2.45, 2.75) is 38.9 Å². The summed E-state index contributed by atoms with van der Waals surface area (Å²) in [5, 5.41) is 3.61. The van der Waals surface area contributed by atoms with Gasteiger partial charge < -0.3 is 15.8 Å². The molecule has 1 aliphatic heterocycles. The third-order valence-electron chi connectivity index (χ3n) is 6.32. The number of para-hydroxylation sites is 1. The molecule has 1 saturated heterocycles. The van der Waals surface area contributed by atoms with E-state index in [4.69, 9.17) is 10.5 Å². The number of rotatable bonds is 8. The molecular weight excluding hydrogens is 515 g/mol. The number of hydrogen-bond acceptors (Lipinski definition) is 9. The number of ether oxygens (including phenoxy) is 1. The maximum absolute atomic E-state index is 13.5. The van der Waals surface area contributed by atoms with Crippen LogP contribution in [0.15, 0.2) is 42.7 Å². The average Bonchev–Trinajstić information content (AvgIpc) is 3.47.